The molecule has 0 saturated carbocycles. The maximum absolute atomic E-state index is 16.1. The van der Waals surface area contributed by atoms with Crippen LogP contribution in [0.4, 0.5) is 15.0 Å². The van der Waals surface area contributed by atoms with E-state index in [1.54, 1.807) is 18.1 Å². The first-order chi connectivity index (χ1) is 23.9. The molecule has 2 aromatic carbocycles. The summed E-state index contributed by atoms with van der Waals surface area (Å²) >= 11 is 0. The van der Waals surface area contributed by atoms with Gasteiger partial charge >= 0.3 is 6.09 Å². The molecular weight excluding hydrogens is 654 g/mol. The van der Waals surface area contributed by atoms with Crippen molar-refractivity contribution in [2.45, 2.75) is 89.1 Å². The summed E-state index contributed by atoms with van der Waals surface area (Å²) in [7, 11) is 1.26. The Balaban J connectivity index is 1.43. The Labute approximate surface area is 293 Å². The van der Waals surface area contributed by atoms with Crippen LogP contribution in [0.3, 0.4) is 0 Å². The van der Waals surface area contributed by atoms with E-state index in [2.05, 4.69) is 57.9 Å². The predicted octanol–water partition coefficient (Wildman–Crippen LogP) is 7.57. The van der Waals surface area contributed by atoms with Gasteiger partial charge in [0.2, 0.25) is 5.88 Å². The number of hydrogen-bond donors (Lipinski definition) is 1. The van der Waals surface area contributed by atoms with Crippen LogP contribution in [0.5, 0.6) is 11.6 Å². The van der Waals surface area contributed by atoms with Crippen molar-refractivity contribution in [3.05, 3.63) is 41.7 Å². The highest BCUT2D eigenvalue weighted by Crippen LogP contribution is 2.46. The zero-order chi connectivity index (χ0) is 35.6. The van der Waals surface area contributed by atoms with Crippen molar-refractivity contribution in [3.8, 4) is 34.4 Å². The number of fused-ring (bicyclic) bond motifs is 6. The second-order valence-electron chi connectivity index (χ2n) is 14.9. The number of aryl methyl sites for hydroxylation is 1. The topological polar surface area (TPSA) is 102 Å². The van der Waals surface area contributed by atoms with Gasteiger partial charge in [-0.2, -0.15) is 5.10 Å². The molecule has 12 heteroatoms. The number of halogens is 1. The fourth-order valence-corrected chi connectivity index (χ4v) is 14.4. The van der Waals surface area contributed by atoms with Gasteiger partial charge in [0, 0.05) is 31.7 Å². The minimum Gasteiger partial charge on any atom is -0.475 e. The number of piperazine rings is 1. The summed E-state index contributed by atoms with van der Waals surface area (Å²) in [5.41, 5.74) is 7.26. The van der Waals surface area contributed by atoms with E-state index in [9.17, 15) is 9.90 Å². The van der Waals surface area contributed by atoms with Crippen molar-refractivity contribution in [3.63, 3.8) is 0 Å². The molecule has 3 aliphatic rings. The zero-order valence-electron chi connectivity index (χ0n) is 30.1. The predicted molar refractivity (Wildman–Crippen MR) is 195 cm³/mol. The maximum Gasteiger partial charge on any atom is 0.407 e. The molecule has 3 aliphatic heterocycles. The zero-order valence-corrected chi connectivity index (χ0v) is 31.1. The number of benzene rings is 2. The quantitative estimate of drug-likeness (QED) is 0.120. The SMILES string of the molecule is COCOc1cc(-c2cc3c4c(n2)OCC2C5CCC(CN2c4nn3C)N5C(=O)O)c2c(C#C[Si](C(C)C)(C(C)C)C(C)C)c(F)ccc2c1. The number of anilines is 1. The largest absolute Gasteiger partial charge is 0.475 e. The number of carbonyl (C=O) groups is 1. The highest BCUT2D eigenvalue weighted by atomic mass is 28.3. The molecule has 264 valence electrons. The van der Waals surface area contributed by atoms with Crippen LogP contribution < -0.4 is 14.4 Å². The van der Waals surface area contributed by atoms with Crippen LogP contribution >= 0.6 is 0 Å². The Morgan fingerprint density at radius 2 is 1.82 bits per heavy atom. The summed E-state index contributed by atoms with van der Waals surface area (Å²) in [5, 5.41) is 17.2. The third kappa shape index (κ3) is 5.28. The van der Waals surface area contributed by atoms with E-state index < -0.39 is 14.2 Å². The van der Waals surface area contributed by atoms with Crippen molar-refractivity contribution >= 4 is 41.7 Å². The molecule has 3 unspecified atom stereocenters. The van der Waals surface area contributed by atoms with Crippen LogP contribution in [0.25, 0.3) is 32.9 Å². The van der Waals surface area contributed by atoms with Gasteiger partial charge in [-0.15, -0.1) is 5.54 Å². The first kappa shape index (κ1) is 34.1. The van der Waals surface area contributed by atoms with Gasteiger partial charge in [-0.3, -0.25) is 9.58 Å². The number of pyridine rings is 1. The fourth-order valence-electron chi connectivity index (χ4n) is 9.16. The summed E-state index contributed by atoms with van der Waals surface area (Å²) in [6, 6.07) is 8.45. The Bertz CT molecular complexity index is 2030. The summed E-state index contributed by atoms with van der Waals surface area (Å²) in [4.78, 5) is 21.1. The first-order valence-corrected chi connectivity index (χ1v) is 19.8. The number of aromatic nitrogens is 3. The van der Waals surface area contributed by atoms with Gasteiger partial charge in [0.05, 0.1) is 34.9 Å². The molecule has 10 nitrogen and oxygen atoms in total. The first-order valence-electron chi connectivity index (χ1n) is 17.6. The average molecular weight is 700 g/mol. The van der Waals surface area contributed by atoms with Crippen molar-refractivity contribution in [1.29, 1.82) is 0 Å². The number of rotatable bonds is 7. The lowest BCUT2D eigenvalue weighted by molar-refractivity contribution is 0.0512. The molecule has 2 saturated heterocycles. The Hall–Kier alpha value is -4.34. The van der Waals surface area contributed by atoms with E-state index in [1.807, 2.05) is 29.9 Å². The summed E-state index contributed by atoms with van der Waals surface area (Å²) in [6.45, 7) is 14.3. The van der Waals surface area contributed by atoms with E-state index in [-0.39, 0.29) is 37.3 Å². The van der Waals surface area contributed by atoms with Crippen LogP contribution in [-0.4, -0.2) is 84.1 Å². The number of amides is 1. The fraction of sp³-hybridized carbons (Fsp3) is 0.500. The molecule has 2 fully saturated rings. The smallest absolute Gasteiger partial charge is 0.407 e. The van der Waals surface area contributed by atoms with E-state index >= 15 is 4.39 Å². The highest BCUT2D eigenvalue weighted by Gasteiger charge is 2.51. The van der Waals surface area contributed by atoms with Crippen LogP contribution in [0.2, 0.25) is 16.6 Å². The molecule has 50 heavy (non-hydrogen) atoms. The van der Waals surface area contributed by atoms with Gasteiger partial charge in [0.25, 0.3) is 0 Å². The molecule has 4 aromatic rings. The van der Waals surface area contributed by atoms with Crippen molar-refractivity contribution in [1.82, 2.24) is 19.7 Å². The van der Waals surface area contributed by atoms with Crippen LogP contribution in [0, 0.1) is 17.3 Å². The van der Waals surface area contributed by atoms with Gasteiger partial charge in [0.1, 0.15) is 31.6 Å². The minimum atomic E-state index is -2.19. The van der Waals surface area contributed by atoms with E-state index in [0.29, 0.717) is 57.0 Å². The summed E-state index contributed by atoms with van der Waals surface area (Å²) in [6.07, 6.45) is 0.695. The molecule has 0 aliphatic carbocycles. The second-order valence-corrected chi connectivity index (χ2v) is 20.4. The number of methoxy groups -OCH3 is 1. The average Bonchev–Trinajstić information content (AvgIpc) is 3.53. The number of hydrogen-bond acceptors (Lipinski definition) is 7. The lowest BCUT2D eigenvalue weighted by atomic mass is 9.96. The molecule has 7 rings (SSSR count). The minimum absolute atomic E-state index is 0.0444. The van der Waals surface area contributed by atoms with Crippen LogP contribution in [0.1, 0.15) is 59.9 Å². The maximum atomic E-state index is 16.1. The van der Waals surface area contributed by atoms with E-state index in [1.165, 1.54) is 6.07 Å². The summed E-state index contributed by atoms with van der Waals surface area (Å²) < 4.78 is 35.6. The van der Waals surface area contributed by atoms with Crippen molar-refractivity contribution < 1.29 is 28.5 Å². The number of nitrogens with zero attached hydrogens (tertiary/aromatic N) is 5. The third-order valence-electron chi connectivity index (χ3n) is 11.4. The van der Waals surface area contributed by atoms with Crippen LogP contribution in [0.15, 0.2) is 30.3 Å². The molecule has 2 bridgehead atoms. The van der Waals surface area contributed by atoms with Crippen molar-refractivity contribution in [2.75, 3.05) is 32.0 Å². The molecule has 0 spiro atoms. The van der Waals surface area contributed by atoms with Gasteiger partial charge in [-0.05, 0) is 59.1 Å². The summed E-state index contributed by atoms with van der Waals surface area (Å²) in [5.74, 6) is 4.74. The van der Waals surface area contributed by atoms with Gasteiger partial charge < -0.3 is 24.2 Å². The lowest BCUT2D eigenvalue weighted by Crippen LogP contribution is -2.62. The monoisotopic (exact) mass is 699 g/mol. The molecule has 3 atom stereocenters. The Morgan fingerprint density at radius 1 is 1.08 bits per heavy atom. The van der Waals surface area contributed by atoms with Gasteiger partial charge in [-0.1, -0.05) is 53.5 Å². The van der Waals surface area contributed by atoms with Gasteiger partial charge in [0.15, 0.2) is 12.6 Å². The molecule has 5 heterocycles. The molecule has 2 aromatic heterocycles. The number of ether oxygens (including phenoxy) is 3. The van der Waals surface area contributed by atoms with Crippen molar-refractivity contribution in [2.24, 2.45) is 7.05 Å². The molecule has 1 N–H and O–H groups in total. The van der Waals surface area contributed by atoms with E-state index in [0.717, 1.165) is 34.9 Å². The highest BCUT2D eigenvalue weighted by molar-refractivity contribution is 6.90. The second kappa shape index (κ2) is 12.8. The van der Waals surface area contributed by atoms with E-state index in [4.69, 9.17) is 24.3 Å². The number of carboxylic acid groups (broad SMARTS) is 1. The van der Waals surface area contributed by atoms with Gasteiger partial charge in [-0.25, -0.2) is 14.2 Å². The van der Waals surface area contributed by atoms with Crippen LogP contribution in [-0.2, 0) is 11.8 Å². The Kier molecular flexibility index (Phi) is 8.71. The standard InChI is InChI=1S/C38H46FN5O5Si/c1-21(2)50(22(3)4,23(5)6)14-13-27-29(39)11-9-24-15-26(49-20-47-8)16-28(34(24)27)30-17-32-35-36(41-42(32)7)43-18-25-10-12-31(44(25)38(45)46)33(43)19-48-37(35)40-30/h9,11,15-17,21-23,25,31,33H,10,12,18-20H2,1-8H3,(H,45,46). The normalized spacial score (nSPS) is 20.0. The molecular formula is C38H46FN5O5Si. The third-order valence-corrected chi connectivity index (χ3v) is 17.7. The Morgan fingerprint density at radius 3 is 2.50 bits per heavy atom. The molecule has 0 radical (unpaired) electrons. The molecule has 1 amide bonds. The lowest BCUT2D eigenvalue weighted by Gasteiger charge is -2.44.